The molecule has 1 saturated carbocycles. The summed E-state index contributed by atoms with van der Waals surface area (Å²) in [5.74, 6) is -2.76. The smallest absolute Gasteiger partial charge is 0.475 e. The number of urea groups is 1. The highest BCUT2D eigenvalue weighted by Gasteiger charge is 2.61. The molecule has 2 atom stereocenters. The van der Waals surface area contributed by atoms with Crippen LogP contribution in [0.1, 0.15) is 18.4 Å². The summed E-state index contributed by atoms with van der Waals surface area (Å²) < 4.78 is 31.7. The Kier molecular flexibility index (Phi) is 6.89. The van der Waals surface area contributed by atoms with Gasteiger partial charge in [-0.25, -0.2) is 9.59 Å². The van der Waals surface area contributed by atoms with Crippen molar-refractivity contribution in [1.29, 1.82) is 0 Å². The third-order valence-electron chi connectivity index (χ3n) is 5.62. The van der Waals surface area contributed by atoms with Crippen LogP contribution in [0.2, 0.25) is 0 Å². The topological polar surface area (TPSA) is 112 Å². The number of anilines is 2. The molecule has 2 aliphatic rings. The van der Waals surface area contributed by atoms with Gasteiger partial charge in [0.15, 0.2) is 0 Å². The van der Waals surface area contributed by atoms with Crippen LogP contribution in [0.4, 0.5) is 29.3 Å². The Labute approximate surface area is 187 Å². The molecule has 1 spiro atoms. The van der Waals surface area contributed by atoms with E-state index in [9.17, 15) is 22.8 Å². The van der Waals surface area contributed by atoms with Crippen molar-refractivity contribution in [2.24, 2.45) is 11.3 Å². The summed E-state index contributed by atoms with van der Waals surface area (Å²) in [5, 5.41) is 13.0. The van der Waals surface area contributed by atoms with Gasteiger partial charge < -0.3 is 20.6 Å². The predicted molar refractivity (Wildman–Crippen MR) is 113 cm³/mol. The van der Waals surface area contributed by atoms with Gasteiger partial charge in [-0.3, -0.25) is 9.78 Å². The van der Waals surface area contributed by atoms with Gasteiger partial charge >= 0.3 is 18.2 Å². The molecular formula is C22H23F3N4O4. The number of benzene rings is 1. The highest BCUT2D eigenvalue weighted by Crippen LogP contribution is 2.58. The normalized spacial score (nSPS) is 21.1. The van der Waals surface area contributed by atoms with Gasteiger partial charge in [-0.1, -0.05) is 12.1 Å². The molecule has 1 aromatic heterocycles. The van der Waals surface area contributed by atoms with Crippen molar-refractivity contribution in [3.05, 3.63) is 54.4 Å². The highest BCUT2D eigenvalue weighted by molar-refractivity contribution is 5.95. The molecule has 8 nitrogen and oxygen atoms in total. The predicted octanol–water partition coefficient (Wildman–Crippen LogP) is 3.91. The monoisotopic (exact) mass is 464 g/mol. The third-order valence-corrected chi connectivity index (χ3v) is 5.62. The van der Waals surface area contributed by atoms with Gasteiger partial charge in [-0.2, -0.15) is 13.2 Å². The molecule has 1 aromatic carbocycles. The van der Waals surface area contributed by atoms with E-state index in [1.807, 2.05) is 42.2 Å². The Morgan fingerprint density at radius 2 is 1.85 bits per heavy atom. The second-order valence-corrected chi connectivity index (χ2v) is 8.12. The Morgan fingerprint density at radius 3 is 2.45 bits per heavy atom. The van der Waals surface area contributed by atoms with Crippen LogP contribution in [-0.2, 0) is 9.59 Å². The fraction of sp³-hybridized carbons (Fsp3) is 0.364. The van der Waals surface area contributed by atoms with Crippen molar-refractivity contribution in [3.63, 3.8) is 0 Å². The fourth-order valence-corrected chi connectivity index (χ4v) is 3.83. The number of amides is 3. The summed E-state index contributed by atoms with van der Waals surface area (Å²) >= 11 is 0. The zero-order chi connectivity index (χ0) is 24.2. The Bertz CT molecular complexity index is 1030. The van der Waals surface area contributed by atoms with Crippen LogP contribution in [0, 0.1) is 18.3 Å². The van der Waals surface area contributed by atoms with E-state index in [0.717, 1.165) is 24.1 Å². The second-order valence-electron chi connectivity index (χ2n) is 8.12. The minimum Gasteiger partial charge on any atom is -0.475 e. The number of hydrogen-bond donors (Lipinski definition) is 3. The van der Waals surface area contributed by atoms with Gasteiger partial charge in [-0.05, 0) is 49.6 Å². The van der Waals surface area contributed by atoms with Crippen LogP contribution in [0.3, 0.4) is 0 Å². The van der Waals surface area contributed by atoms with Crippen molar-refractivity contribution in [2.45, 2.75) is 25.9 Å². The number of rotatable bonds is 3. The summed E-state index contributed by atoms with van der Waals surface area (Å²) in [6.45, 7) is 3.32. The number of carbonyl (C=O) groups excluding carboxylic acids is 2. The summed E-state index contributed by atoms with van der Waals surface area (Å²) in [4.78, 5) is 39.7. The molecule has 4 rings (SSSR count). The van der Waals surface area contributed by atoms with Crippen molar-refractivity contribution in [1.82, 2.24) is 9.88 Å². The lowest BCUT2D eigenvalue weighted by Crippen LogP contribution is -2.33. The van der Waals surface area contributed by atoms with Gasteiger partial charge in [0, 0.05) is 36.3 Å². The SMILES string of the molecule is Cc1cccc(NC(=O)N2CCC3(CC3C(=O)Nc3cccnc3)C2)c1.O=C(O)C(F)(F)F. The minimum atomic E-state index is -5.08. The zero-order valence-corrected chi connectivity index (χ0v) is 17.7. The summed E-state index contributed by atoms with van der Waals surface area (Å²) in [5.41, 5.74) is 2.57. The molecule has 1 saturated heterocycles. The molecule has 11 heteroatoms. The molecule has 2 heterocycles. The number of hydrogen-bond acceptors (Lipinski definition) is 4. The standard InChI is InChI=1S/C20H22N4O2.C2HF3O2/c1-14-4-2-5-15(10-14)23-19(26)24-9-7-20(13-24)11-17(20)18(25)22-16-6-3-8-21-12-16;3-2(4,5)1(6)7/h2-6,8,10,12,17H,7,9,11,13H2,1H3,(H,22,25)(H,23,26);(H,6,7). The van der Waals surface area contributed by atoms with E-state index in [4.69, 9.17) is 9.90 Å². The van der Waals surface area contributed by atoms with E-state index in [1.54, 1.807) is 18.5 Å². The molecule has 2 aromatic rings. The number of alkyl halides is 3. The molecule has 33 heavy (non-hydrogen) atoms. The molecule has 176 valence electrons. The van der Waals surface area contributed by atoms with E-state index >= 15 is 0 Å². The number of carboxylic acids is 1. The van der Waals surface area contributed by atoms with Crippen molar-refractivity contribution >= 4 is 29.3 Å². The summed E-state index contributed by atoms with van der Waals surface area (Å²) in [7, 11) is 0. The first-order valence-electron chi connectivity index (χ1n) is 10.1. The molecule has 0 bridgehead atoms. The number of carboxylic acid groups (broad SMARTS) is 1. The van der Waals surface area contributed by atoms with Crippen molar-refractivity contribution in [2.75, 3.05) is 23.7 Å². The minimum absolute atomic E-state index is 0.0268. The van der Waals surface area contributed by atoms with E-state index < -0.39 is 12.1 Å². The number of nitrogens with one attached hydrogen (secondary N) is 2. The summed E-state index contributed by atoms with van der Waals surface area (Å²) in [6.07, 6.45) is -0.0498. The number of nitrogens with zero attached hydrogens (tertiary/aromatic N) is 2. The van der Waals surface area contributed by atoms with Gasteiger partial charge in [0.2, 0.25) is 5.91 Å². The van der Waals surface area contributed by atoms with Crippen LogP contribution in [0.15, 0.2) is 48.8 Å². The number of halogens is 3. The first-order valence-corrected chi connectivity index (χ1v) is 10.1. The maximum atomic E-state index is 12.5. The highest BCUT2D eigenvalue weighted by atomic mass is 19.4. The third kappa shape index (κ3) is 6.21. The van der Waals surface area contributed by atoms with Gasteiger partial charge in [0.25, 0.3) is 0 Å². The number of aromatic nitrogens is 1. The van der Waals surface area contributed by atoms with E-state index in [0.29, 0.717) is 18.8 Å². The van der Waals surface area contributed by atoms with E-state index in [-0.39, 0.29) is 23.3 Å². The molecular weight excluding hydrogens is 441 g/mol. The second kappa shape index (κ2) is 9.47. The number of likely N-dealkylation sites (tertiary alicyclic amines) is 1. The molecule has 0 radical (unpaired) electrons. The van der Waals surface area contributed by atoms with Crippen LogP contribution in [0.25, 0.3) is 0 Å². The molecule has 3 amide bonds. The molecule has 2 fully saturated rings. The number of aryl methyl sites for hydroxylation is 1. The lowest BCUT2D eigenvalue weighted by atomic mass is 10.0. The van der Waals surface area contributed by atoms with Gasteiger partial charge in [0.1, 0.15) is 0 Å². The van der Waals surface area contributed by atoms with Crippen molar-refractivity contribution < 1.29 is 32.7 Å². The van der Waals surface area contributed by atoms with E-state index in [2.05, 4.69) is 15.6 Å². The first-order chi connectivity index (χ1) is 15.5. The van der Waals surface area contributed by atoms with Gasteiger partial charge in [-0.15, -0.1) is 0 Å². The first kappa shape index (κ1) is 24.0. The largest absolute Gasteiger partial charge is 0.490 e. The maximum absolute atomic E-state index is 12.5. The lowest BCUT2D eigenvalue weighted by Gasteiger charge is -2.18. The summed E-state index contributed by atoms with van der Waals surface area (Å²) in [6, 6.07) is 11.3. The number of carbonyl (C=O) groups is 3. The lowest BCUT2D eigenvalue weighted by molar-refractivity contribution is -0.192. The Hall–Kier alpha value is -3.63. The zero-order valence-electron chi connectivity index (χ0n) is 17.7. The maximum Gasteiger partial charge on any atom is 0.490 e. The van der Waals surface area contributed by atoms with Crippen LogP contribution < -0.4 is 10.6 Å². The van der Waals surface area contributed by atoms with Crippen LogP contribution in [-0.4, -0.2) is 52.2 Å². The molecule has 3 N–H and O–H groups in total. The fourth-order valence-electron chi connectivity index (χ4n) is 3.83. The number of pyridine rings is 1. The average Bonchev–Trinajstić information content (AvgIpc) is 3.28. The molecule has 1 aliphatic carbocycles. The average molecular weight is 464 g/mol. The number of aliphatic carboxylic acids is 1. The Morgan fingerprint density at radius 1 is 1.15 bits per heavy atom. The van der Waals surface area contributed by atoms with Crippen LogP contribution in [0.5, 0.6) is 0 Å². The van der Waals surface area contributed by atoms with E-state index in [1.165, 1.54) is 0 Å². The van der Waals surface area contributed by atoms with Crippen molar-refractivity contribution in [3.8, 4) is 0 Å². The molecule has 1 aliphatic heterocycles. The van der Waals surface area contributed by atoms with Gasteiger partial charge in [0.05, 0.1) is 11.9 Å². The quantitative estimate of drug-likeness (QED) is 0.638. The van der Waals surface area contributed by atoms with Crippen LogP contribution >= 0.6 is 0 Å². The molecule has 2 unspecified atom stereocenters. The Balaban J connectivity index is 0.000000383.